The van der Waals surface area contributed by atoms with Gasteiger partial charge in [-0.05, 0) is 18.3 Å². The molecule has 62 valence electrons. The fourth-order valence-electron chi connectivity index (χ4n) is 0.281. The lowest BCUT2D eigenvalue weighted by molar-refractivity contribution is 1.09. The molecule has 0 aliphatic rings. The van der Waals surface area contributed by atoms with Crippen molar-refractivity contribution in [3.63, 3.8) is 0 Å². The summed E-state index contributed by atoms with van der Waals surface area (Å²) in [7, 11) is -0.906. The first-order valence-corrected chi connectivity index (χ1v) is 9.56. The highest BCUT2D eigenvalue weighted by molar-refractivity contribution is 7.45. The number of hydrogen-bond donors (Lipinski definition) is 0. The minimum atomic E-state index is -2.39. The molecule has 0 atom stereocenters. The van der Waals surface area contributed by atoms with Crippen LogP contribution in [0, 0.1) is 0 Å². The summed E-state index contributed by atoms with van der Waals surface area (Å²) in [6, 6.07) is 0. The second kappa shape index (κ2) is 4.77. The van der Waals surface area contributed by atoms with Gasteiger partial charge in [0.2, 0.25) is 0 Å². The predicted molar refractivity (Wildman–Crippen MR) is 55.1 cm³/mol. The summed E-state index contributed by atoms with van der Waals surface area (Å²) in [6.45, 7) is -0.687. The Kier molecular flexibility index (Phi) is 5.65. The van der Waals surface area contributed by atoms with Gasteiger partial charge in [0.1, 0.15) is 14.1 Å². The van der Waals surface area contributed by atoms with E-state index in [9.17, 15) is 0 Å². The summed E-state index contributed by atoms with van der Waals surface area (Å²) in [6.07, 6.45) is 0. The SMILES string of the molecule is C[Si](Cl)(Cl)N(Cl)[SiH2]C(Cl)Cl. The second-order valence-electron chi connectivity index (χ2n) is 1.78. The molecule has 0 spiro atoms. The molecule has 0 radical (unpaired) electrons. The van der Waals surface area contributed by atoms with E-state index in [4.69, 9.17) is 57.1 Å². The maximum absolute atomic E-state index is 5.74. The Morgan fingerprint density at radius 2 is 1.80 bits per heavy atom. The second-order valence-corrected chi connectivity index (χ2v) is 14.8. The van der Waals surface area contributed by atoms with Crippen LogP contribution in [0.4, 0.5) is 0 Å². The third kappa shape index (κ3) is 5.49. The van der Waals surface area contributed by atoms with Crippen molar-refractivity contribution in [2.24, 2.45) is 0 Å². The minimum absolute atomic E-state index is 0.415. The number of alkyl halides is 2. The van der Waals surface area contributed by atoms with E-state index in [1.165, 1.54) is 3.75 Å². The molecule has 0 amide bonds. The van der Waals surface area contributed by atoms with Gasteiger partial charge in [-0.3, -0.25) is 0 Å². The van der Waals surface area contributed by atoms with Gasteiger partial charge in [0.05, 0.1) is 0 Å². The van der Waals surface area contributed by atoms with Gasteiger partial charge in [0, 0.05) is 0 Å². The normalized spacial score (nSPS) is 14.4. The highest BCUT2D eigenvalue weighted by Crippen LogP contribution is 2.22. The van der Waals surface area contributed by atoms with Gasteiger partial charge in [0.15, 0.2) is 0 Å². The Labute approximate surface area is 88.0 Å². The predicted octanol–water partition coefficient (Wildman–Crippen LogP) is 2.33. The average Bonchev–Trinajstić information content (AvgIpc) is 1.60. The van der Waals surface area contributed by atoms with Crippen LogP contribution in [0.25, 0.3) is 0 Å². The van der Waals surface area contributed by atoms with Crippen LogP contribution in [0.15, 0.2) is 0 Å². The summed E-state index contributed by atoms with van der Waals surface area (Å²) in [5.74, 6) is 0. The van der Waals surface area contributed by atoms with Gasteiger partial charge >= 0.3 is 6.86 Å². The Bertz CT molecular complexity index is 102. The van der Waals surface area contributed by atoms with Crippen LogP contribution >= 0.6 is 57.1 Å². The molecule has 0 aromatic rings. The van der Waals surface area contributed by atoms with Crippen molar-refractivity contribution in [3.8, 4) is 0 Å². The number of hydrogen-bond acceptors (Lipinski definition) is 1. The maximum atomic E-state index is 5.74. The molecule has 0 aromatic carbocycles. The zero-order valence-corrected chi connectivity index (χ0v) is 11.3. The molecule has 10 heavy (non-hydrogen) atoms. The summed E-state index contributed by atoms with van der Waals surface area (Å²) >= 11 is 28.1. The van der Waals surface area contributed by atoms with Crippen LogP contribution in [0.5, 0.6) is 0 Å². The third-order valence-electron chi connectivity index (χ3n) is 0.724. The third-order valence-corrected chi connectivity index (χ3v) is 9.82. The van der Waals surface area contributed by atoms with Crippen LogP contribution in [-0.2, 0) is 0 Å². The molecular formula is C2H6Cl5NSi2. The first-order chi connectivity index (χ1) is 4.34. The van der Waals surface area contributed by atoms with E-state index in [0.717, 1.165) is 0 Å². The van der Waals surface area contributed by atoms with Crippen LogP contribution in [-0.4, -0.2) is 24.7 Å². The standard InChI is InChI=1S/C2H6Cl5NSi2/c1-10(6,7)8(5)9-2(3)4/h2H,9H2,1H3. The van der Waals surface area contributed by atoms with Gasteiger partial charge in [-0.25, -0.2) is 3.75 Å². The van der Waals surface area contributed by atoms with Gasteiger partial charge in [-0.2, -0.15) is 0 Å². The Morgan fingerprint density at radius 3 is 1.90 bits per heavy atom. The molecule has 0 fully saturated rings. The molecular weight excluding hydrogens is 271 g/mol. The van der Waals surface area contributed by atoms with E-state index >= 15 is 0 Å². The summed E-state index contributed by atoms with van der Waals surface area (Å²) in [5, 5.41) is 0. The molecule has 0 rings (SSSR count). The maximum Gasteiger partial charge on any atom is 0.328 e. The van der Waals surface area contributed by atoms with E-state index in [1.54, 1.807) is 6.55 Å². The van der Waals surface area contributed by atoms with Crippen LogP contribution in [0.3, 0.4) is 0 Å². The van der Waals surface area contributed by atoms with Crippen LogP contribution < -0.4 is 0 Å². The minimum Gasteiger partial charge on any atom is -0.240 e. The van der Waals surface area contributed by atoms with E-state index in [1.807, 2.05) is 0 Å². The lowest BCUT2D eigenvalue weighted by Crippen LogP contribution is -2.39. The number of nitrogens with zero attached hydrogens (tertiary/aromatic N) is 1. The zero-order valence-electron chi connectivity index (χ0n) is 5.12. The van der Waals surface area contributed by atoms with E-state index in [0.29, 0.717) is 0 Å². The van der Waals surface area contributed by atoms with Crippen molar-refractivity contribution in [1.82, 2.24) is 3.75 Å². The van der Waals surface area contributed by atoms with Crippen molar-refractivity contribution >= 4 is 73.7 Å². The molecule has 0 N–H and O–H groups in total. The van der Waals surface area contributed by atoms with Crippen molar-refractivity contribution in [2.75, 3.05) is 0 Å². The van der Waals surface area contributed by atoms with Crippen molar-refractivity contribution in [1.29, 1.82) is 0 Å². The largest absolute Gasteiger partial charge is 0.328 e. The van der Waals surface area contributed by atoms with Gasteiger partial charge in [-0.15, -0.1) is 45.4 Å². The Balaban J connectivity index is 3.73. The smallest absolute Gasteiger partial charge is 0.240 e. The topological polar surface area (TPSA) is 3.24 Å². The van der Waals surface area contributed by atoms with Crippen molar-refractivity contribution in [2.45, 2.75) is 11.0 Å². The van der Waals surface area contributed by atoms with Crippen molar-refractivity contribution < 1.29 is 0 Å². The first kappa shape index (κ1) is 11.8. The molecule has 0 bridgehead atoms. The van der Waals surface area contributed by atoms with Gasteiger partial charge < -0.3 is 0 Å². The number of rotatable bonds is 3. The molecule has 0 saturated carbocycles. The molecule has 1 nitrogen and oxygen atoms in total. The van der Waals surface area contributed by atoms with Crippen LogP contribution in [0.1, 0.15) is 0 Å². The summed E-state index contributed by atoms with van der Waals surface area (Å²) < 4.78 is 0.989. The van der Waals surface area contributed by atoms with E-state index in [-0.39, 0.29) is 0 Å². The lowest BCUT2D eigenvalue weighted by Gasteiger charge is -2.21. The fraction of sp³-hybridized carbons (Fsp3) is 1.00. The highest BCUT2D eigenvalue weighted by Gasteiger charge is 2.30. The van der Waals surface area contributed by atoms with Crippen LogP contribution in [0.2, 0.25) is 6.55 Å². The first-order valence-electron chi connectivity index (χ1n) is 2.43. The average molecular weight is 278 g/mol. The fourth-order valence-corrected chi connectivity index (χ4v) is 5.96. The monoisotopic (exact) mass is 275 g/mol. The van der Waals surface area contributed by atoms with Crippen molar-refractivity contribution in [3.05, 3.63) is 0 Å². The Hall–Kier alpha value is 1.84. The molecule has 0 unspecified atom stereocenters. The molecule has 0 aromatic heterocycles. The van der Waals surface area contributed by atoms with E-state index in [2.05, 4.69) is 0 Å². The van der Waals surface area contributed by atoms with Gasteiger partial charge in [-0.1, -0.05) is 0 Å². The molecule has 0 aliphatic carbocycles. The van der Waals surface area contributed by atoms with E-state index < -0.39 is 21.0 Å². The molecule has 0 heterocycles. The zero-order chi connectivity index (χ0) is 8.36. The summed E-state index contributed by atoms with van der Waals surface area (Å²) in [5.41, 5.74) is 0. The van der Waals surface area contributed by atoms with Gasteiger partial charge in [0.25, 0.3) is 0 Å². The Morgan fingerprint density at radius 1 is 1.40 bits per heavy atom. The highest BCUT2D eigenvalue weighted by atomic mass is 35.7. The molecule has 8 heteroatoms. The molecule has 0 aliphatic heterocycles. The lowest BCUT2D eigenvalue weighted by atomic mass is 11.9. The number of halogens is 5. The quantitative estimate of drug-likeness (QED) is 0.331. The molecule has 0 saturated heterocycles. The summed E-state index contributed by atoms with van der Waals surface area (Å²) in [4.78, 5) is 0.